The van der Waals surface area contributed by atoms with Crippen molar-refractivity contribution in [3.63, 3.8) is 0 Å². The summed E-state index contributed by atoms with van der Waals surface area (Å²) in [5, 5.41) is 0. The Balaban J connectivity index is 3.21. The van der Waals surface area contributed by atoms with Crippen molar-refractivity contribution in [3.05, 3.63) is 26.8 Å². The first-order valence-corrected chi connectivity index (χ1v) is 5.04. The summed E-state index contributed by atoms with van der Waals surface area (Å²) in [7, 11) is 4.14. The lowest BCUT2D eigenvalue weighted by molar-refractivity contribution is 1.12. The highest BCUT2D eigenvalue weighted by Crippen LogP contribution is 2.22. The number of nitrogens with zero attached hydrogens (tertiary/aromatic N) is 1. The van der Waals surface area contributed by atoms with E-state index in [9.17, 15) is 0 Å². The van der Waals surface area contributed by atoms with E-state index in [0.717, 1.165) is 0 Å². The second-order valence-electron chi connectivity index (χ2n) is 3.29. The Hall–Kier alpha value is -0.250. The Labute approximate surface area is 87.9 Å². The molecular formula is C10H14IN. The van der Waals surface area contributed by atoms with Gasteiger partial charge in [0.15, 0.2) is 0 Å². The zero-order valence-corrected chi connectivity index (χ0v) is 10.1. The predicted octanol–water partition coefficient (Wildman–Crippen LogP) is 2.97. The lowest BCUT2D eigenvalue weighted by Gasteiger charge is -2.15. The Kier molecular flexibility index (Phi) is 2.99. The molecule has 0 aliphatic carbocycles. The zero-order valence-electron chi connectivity index (χ0n) is 7.98. The van der Waals surface area contributed by atoms with Crippen molar-refractivity contribution in [2.45, 2.75) is 13.8 Å². The molecule has 0 amide bonds. The number of rotatable bonds is 1. The molecular weight excluding hydrogens is 261 g/mol. The third-order valence-electron chi connectivity index (χ3n) is 1.94. The van der Waals surface area contributed by atoms with Crippen molar-refractivity contribution in [2.75, 3.05) is 19.0 Å². The molecule has 0 saturated carbocycles. The number of halogens is 1. The van der Waals surface area contributed by atoms with Crippen molar-refractivity contribution in [3.8, 4) is 0 Å². The van der Waals surface area contributed by atoms with Crippen LogP contribution in [0.2, 0.25) is 0 Å². The van der Waals surface area contributed by atoms with Crippen LogP contribution in [0.25, 0.3) is 0 Å². The van der Waals surface area contributed by atoms with E-state index in [2.05, 4.69) is 67.6 Å². The Bertz CT molecular complexity index is 269. The summed E-state index contributed by atoms with van der Waals surface area (Å²) in [6.07, 6.45) is 0. The highest BCUT2D eigenvalue weighted by Gasteiger charge is 2.02. The van der Waals surface area contributed by atoms with Crippen LogP contribution in [-0.4, -0.2) is 14.1 Å². The van der Waals surface area contributed by atoms with Gasteiger partial charge in [0.05, 0.1) is 0 Å². The van der Waals surface area contributed by atoms with Gasteiger partial charge in [-0.25, -0.2) is 0 Å². The van der Waals surface area contributed by atoms with Crippen LogP contribution in [0.15, 0.2) is 12.1 Å². The van der Waals surface area contributed by atoms with Crippen LogP contribution in [0.5, 0.6) is 0 Å². The second kappa shape index (κ2) is 3.64. The molecule has 1 aromatic carbocycles. The molecule has 0 saturated heterocycles. The summed E-state index contributed by atoms with van der Waals surface area (Å²) < 4.78 is 1.37. The molecule has 0 aliphatic heterocycles. The first-order chi connectivity index (χ1) is 5.52. The van der Waals surface area contributed by atoms with E-state index in [1.54, 1.807) is 0 Å². The maximum atomic E-state index is 2.39. The largest absolute Gasteiger partial charge is 0.378 e. The molecule has 2 heteroatoms. The minimum absolute atomic E-state index is 1.28. The monoisotopic (exact) mass is 275 g/mol. The van der Waals surface area contributed by atoms with Gasteiger partial charge in [-0.05, 0) is 59.7 Å². The molecule has 0 N–H and O–H groups in total. The van der Waals surface area contributed by atoms with Crippen molar-refractivity contribution in [1.29, 1.82) is 0 Å². The van der Waals surface area contributed by atoms with Crippen LogP contribution >= 0.6 is 22.6 Å². The second-order valence-corrected chi connectivity index (χ2v) is 4.37. The highest BCUT2D eigenvalue weighted by molar-refractivity contribution is 14.1. The number of hydrogen-bond acceptors (Lipinski definition) is 1. The minimum Gasteiger partial charge on any atom is -0.378 e. The molecule has 0 aromatic heterocycles. The van der Waals surface area contributed by atoms with E-state index in [4.69, 9.17) is 0 Å². The number of aryl methyl sites for hydroxylation is 2. The topological polar surface area (TPSA) is 3.24 Å². The number of anilines is 1. The molecule has 0 radical (unpaired) electrons. The summed E-state index contributed by atoms with van der Waals surface area (Å²) in [6.45, 7) is 4.31. The minimum atomic E-state index is 1.28. The van der Waals surface area contributed by atoms with Gasteiger partial charge in [0, 0.05) is 23.4 Å². The van der Waals surface area contributed by atoms with E-state index < -0.39 is 0 Å². The zero-order chi connectivity index (χ0) is 9.30. The van der Waals surface area contributed by atoms with Gasteiger partial charge in [-0.15, -0.1) is 0 Å². The maximum Gasteiger partial charge on any atom is 0.0367 e. The average Bonchev–Trinajstić information content (AvgIpc) is 1.99. The summed E-state index contributed by atoms with van der Waals surface area (Å²) in [5.41, 5.74) is 4.00. The molecule has 0 heterocycles. The van der Waals surface area contributed by atoms with Gasteiger partial charge in [0.2, 0.25) is 0 Å². The van der Waals surface area contributed by atoms with Gasteiger partial charge in [-0.3, -0.25) is 0 Å². The van der Waals surface area contributed by atoms with Crippen LogP contribution < -0.4 is 4.90 Å². The van der Waals surface area contributed by atoms with Crippen molar-refractivity contribution < 1.29 is 0 Å². The van der Waals surface area contributed by atoms with E-state index in [1.807, 2.05) is 0 Å². The van der Waals surface area contributed by atoms with E-state index >= 15 is 0 Å². The van der Waals surface area contributed by atoms with E-state index in [1.165, 1.54) is 20.4 Å². The number of hydrogen-bond donors (Lipinski definition) is 0. The molecule has 12 heavy (non-hydrogen) atoms. The van der Waals surface area contributed by atoms with Gasteiger partial charge in [0.25, 0.3) is 0 Å². The SMILES string of the molecule is Cc1cc(N(C)C)cc(C)c1I. The Morgan fingerprint density at radius 2 is 1.50 bits per heavy atom. The maximum absolute atomic E-state index is 2.39. The fourth-order valence-electron chi connectivity index (χ4n) is 1.18. The average molecular weight is 275 g/mol. The van der Waals surface area contributed by atoms with Gasteiger partial charge < -0.3 is 4.90 Å². The molecule has 0 bridgehead atoms. The molecule has 0 fully saturated rings. The quantitative estimate of drug-likeness (QED) is 0.712. The summed E-state index contributed by atoms with van der Waals surface area (Å²) in [6, 6.07) is 4.43. The van der Waals surface area contributed by atoms with Crippen LogP contribution in [0, 0.1) is 17.4 Å². The third-order valence-corrected chi connectivity index (χ3v) is 3.64. The molecule has 66 valence electrons. The molecule has 1 aromatic rings. The third kappa shape index (κ3) is 1.91. The lowest BCUT2D eigenvalue weighted by Crippen LogP contribution is -2.09. The molecule has 0 unspecified atom stereocenters. The first kappa shape index (κ1) is 9.84. The number of benzene rings is 1. The van der Waals surface area contributed by atoms with Gasteiger partial charge >= 0.3 is 0 Å². The summed E-state index contributed by atoms with van der Waals surface area (Å²) in [4.78, 5) is 2.13. The fraction of sp³-hybridized carbons (Fsp3) is 0.400. The lowest BCUT2D eigenvalue weighted by atomic mass is 10.1. The predicted molar refractivity (Wildman–Crippen MR) is 63.0 cm³/mol. The molecule has 1 rings (SSSR count). The summed E-state index contributed by atoms with van der Waals surface area (Å²) in [5.74, 6) is 0. The Morgan fingerprint density at radius 3 is 1.83 bits per heavy atom. The molecule has 1 nitrogen and oxygen atoms in total. The molecule has 0 aliphatic rings. The Morgan fingerprint density at radius 1 is 1.08 bits per heavy atom. The summed E-state index contributed by atoms with van der Waals surface area (Å²) >= 11 is 2.39. The smallest absolute Gasteiger partial charge is 0.0367 e. The van der Waals surface area contributed by atoms with Crippen molar-refractivity contribution in [1.82, 2.24) is 0 Å². The van der Waals surface area contributed by atoms with E-state index in [0.29, 0.717) is 0 Å². The van der Waals surface area contributed by atoms with Crippen LogP contribution in [0.3, 0.4) is 0 Å². The van der Waals surface area contributed by atoms with Gasteiger partial charge in [-0.1, -0.05) is 0 Å². The molecule has 0 spiro atoms. The fourth-order valence-corrected chi connectivity index (χ4v) is 1.49. The van der Waals surface area contributed by atoms with Gasteiger partial charge in [-0.2, -0.15) is 0 Å². The normalized spacial score (nSPS) is 10.1. The van der Waals surface area contributed by atoms with Crippen LogP contribution in [-0.2, 0) is 0 Å². The molecule has 0 atom stereocenters. The van der Waals surface area contributed by atoms with E-state index in [-0.39, 0.29) is 0 Å². The highest BCUT2D eigenvalue weighted by atomic mass is 127. The van der Waals surface area contributed by atoms with Crippen LogP contribution in [0.1, 0.15) is 11.1 Å². The van der Waals surface area contributed by atoms with Gasteiger partial charge in [0.1, 0.15) is 0 Å². The first-order valence-electron chi connectivity index (χ1n) is 3.96. The van der Waals surface area contributed by atoms with Crippen molar-refractivity contribution in [2.24, 2.45) is 0 Å². The van der Waals surface area contributed by atoms with Crippen molar-refractivity contribution >= 4 is 28.3 Å². The van der Waals surface area contributed by atoms with Crippen LogP contribution in [0.4, 0.5) is 5.69 Å². The standard InChI is InChI=1S/C10H14IN/c1-7-5-9(12(3)4)6-8(2)10(7)11/h5-6H,1-4H3.